The first-order chi connectivity index (χ1) is 14.7. The van der Waals surface area contributed by atoms with Gasteiger partial charge in [0.25, 0.3) is 0 Å². The second-order valence-corrected chi connectivity index (χ2v) is 8.13. The summed E-state index contributed by atoms with van der Waals surface area (Å²) in [7, 11) is 0. The van der Waals surface area contributed by atoms with Crippen LogP contribution in [0.2, 0.25) is 0 Å². The maximum atomic E-state index is 12.4. The third-order valence-electron chi connectivity index (χ3n) is 5.73. The Labute approximate surface area is 179 Å². The number of rotatable bonds is 10. The number of likely N-dealkylation sites (tertiary alicyclic amines) is 2. The van der Waals surface area contributed by atoms with Gasteiger partial charge in [-0.05, 0) is 31.7 Å². The van der Waals surface area contributed by atoms with Gasteiger partial charge in [0, 0.05) is 64.6 Å². The number of nitrogens with one attached hydrogen (secondary N) is 2. The first-order valence-electron chi connectivity index (χ1n) is 11.3. The van der Waals surface area contributed by atoms with E-state index in [1.165, 1.54) is 5.56 Å². The summed E-state index contributed by atoms with van der Waals surface area (Å²) in [6.45, 7) is 7.52. The lowest BCUT2D eigenvalue weighted by Crippen LogP contribution is -2.39. The van der Waals surface area contributed by atoms with E-state index in [9.17, 15) is 9.59 Å². The molecule has 2 aliphatic rings. The second-order valence-electron chi connectivity index (χ2n) is 8.13. The fraction of sp³-hybridized carbons (Fsp3) is 0.609. The molecule has 1 aromatic rings. The number of guanidine groups is 1. The van der Waals surface area contributed by atoms with Gasteiger partial charge in [-0.1, -0.05) is 30.3 Å². The molecule has 2 saturated heterocycles. The molecule has 0 aromatic heterocycles. The summed E-state index contributed by atoms with van der Waals surface area (Å²) < 4.78 is 0. The van der Waals surface area contributed by atoms with Crippen LogP contribution < -0.4 is 10.6 Å². The summed E-state index contributed by atoms with van der Waals surface area (Å²) in [6.07, 6.45) is 4.06. The van der Waals surface area contributed by atoms with E-state index in [2.05, 4.69) is 22.8 Å². The number of carbonyl (C=O) groups excluding carboxylic acids is 2. The molecule has 0 spiro atoms. The third kappa shape index (κ3) is 6.75. The minimum atomic E-state index is 0.236. The van der Waals surface area contributed by atoms with E-state index in [0.717, 1.165) is 64.5 Å². The number of nitrogens with zero attached hydrogens (tertiary/aromatic N) is 3. The molecule has 2 heterocycles. The van der Waals surface area contributed by atoms with Gasteiger partial charge in [-0.25, -0.2) is 0 Å². The zero-order chi connectivity index (χ0) is 21.2. The predicted octanol–water partition coefficient (Wildman–Crippen LogP) is 1.65. The molecule has 2 N–H and O–H groups in total. The smallest absolute Gasteiger partial charge is 0.223 e. The summed E-state index contributed by atoms with van der Waals surface area (Å²) in [5.41, 5.74) is 1.26. The first kappa shape index (κ1) is 22.1. The minimum Gasteiger partial charge on any atom is -0.357 e. The molecule has 2 fully saturated rings. The molecule has 2 aliphatic heterocycles. The fourth-order valence-electron chi connectivity index (χ4n) is 4.08. The standard InChI is InChI=1S/C23H35N5O2/c1-2-24-23(25-12-7-14-27-13-6-10-21(27)29)26-17-20-16-22(30)28(18-20)15-11-19-8-4-3-5-9-19/h3-5,8-9,20H,2,6-7,10-18H2,1H3,(H2,24,25,26). The Balaban J connectivity index is 1.39. The van der Waals surface area contributed by atoms with Gasteiger partial charge < -0.3 is 20.4 Å². The van der Waals surface area contributed by atoms with Gasteiger partial charge in [-0.2, -0.15) is 0 Å². The van der Waals surface area contributed by atoms with Crippen molar-refractivity contribution in [3.8, 4) is 0 Å². The Hall–Kier alpha value is -2.57. The van der Waals surface area contributed by atoms with Crippen LogP contribution in [0.1, 0.15) is 38.2 Å². The van der Waals surface area contributed by atoms with Crippen molar-refractivity contribution in [1.29, 1.82) is 0 Å². The van der Waals surface area contributed by atoms with Crippen LogP contribution in [0.15, 0.2) is 35.3 Å². The van der Waals surface area contributed by atoms with Crippen LogP contribution in [0.4, 0.5) is 0 Å². The molecule has 1 aromatic carbocycles. The van der Waals surface area contributed by atoms with Gasteiger partial charge in [-0.3, -0.25) is 14.6 Å². The second kappa shape index (κ2) is 11.6. The van der Waals surface area contributed by atoms with Gasteiger partial charge in [0.15, 0.2) is 5.96 Å². The number of carbonyl (C=O) groups is 2. The van der Waals surface area contributed by atoms with Crippen LogP contribution in [0.3, 0.4) is 0 Å². The van der Waals surface area contributed by atoms with E-state index in [-0.39, 0.29) is 17.7 Å². The minimum absolute atomic E-state index is 0.236. The van der Waals surface area contributed by atoms with Gasteiger partial charge in [0.1, 0.15) is 0 Å². The molecule has 0 saturated carbocycles. The SMILES string of the molecule is CCNC(=NCC1CC(=O)N(CCc2ccccc2)C1)NCCCN1CCCC1=O. The average Bonchev–Trinajstić information content (AvgIpc) is 3.33. The first-order valence-corrected chi connectivity index (χ1v) is 11.3. The van der Waals surface area contributed by atoms with E-state index in [4.69, 9.17) is 4.99 Å². The maximum Gasteiger partial charge on any atom is 0.223 e. The normalized spacial score (nSPS) is 19.6. The molecule has 30 heavy (non-hydrogen) atoms. The Kier molecular flexibility index (Phi) is 8.53. The highest BCUT2D eigenvalue weighted by molar-refractivity contribution is 5.80. The van der Waals surface area contributed by atoms with Crippen molar-refractivity contribution in [2.24, 2.45) is 10.9 Å². The number of hydrogen-bond acceptors (Lipinski definition) is 3. The maximum absolute atomic E-state index is 12.4. The molecule has 7 heteroatoms. The van der Waals surface area contributed by atoms with Crippen molar-refractivity contribution in [3.63, 3.8) is 0 Å². The molecule has 0 radical (unpaired) electrons. The van der Waals surface area contributed by atoms with Crippen molar-refractivity contribution in [3.05, 3.63) is 35.9 Å². The largest absolute Gasteiger partial charge is 0.357 e. The molecule has 2 amide bonds. The number of aliphatic imine (C=N–C) groups is 1. The Morgan fingerprint density at radius 2 is 1.93 bits per heavy atom. The zero-order valence-corrected chi connectivity index (χ0v) is 18.1. The van der Waals surface area contributed by atoms with Crippen LogP contribution in [-0.4, -0.2) is 73.4 Å². The molecule has 7 nitrogen and oxygen atoms in total. The van der Waals surface area contributed by atoms with Gasteiger partial charge >= 0.3 is 0 Å². The third-order valence-corrected chi connectivity index (χ3v) is 5.73. The highest BCUT2D eigenvalue weighted by Crippen LogP contribution is 2.18. The van der Waals surface area contributed by atoms with Gasteiger partial charge in [0.2, 0.25) is 11.8 Å². The van der Waals surface area contributed by atoms with E-state index in [1.807, 2.05) is 34.9 Å². The van der Waals surface area contributed by atoms with Crippen LogP contribution in [0.5, 0.6) is 0 Å². The zero-order valence-electron chi connectivity index (χ0n) is 18.1. The predicted molar refractivity (Wildman–Crippen MR) is 119 cm³/mol. The Bertz CT molecular complexity index is 722. The number of amides is 2. The molecular formula is C23H35N5O2. The van der Waals surface area contributed by atoms with Gasteiger partial charge in [-0.15, -0.1) is 0 Å². The van der Waals surface area contributed by atoms with Crippen molar-refractivity contribution >= 4 is 17.8 Å². The van der Waals surface area contributed by atoms with Gasteiger partial charge in [0.05, 0.1) is 0 Å². The summed E-state index contributed by atoms with van der Waals surface area (Å²) in [4.78, 5) is 32.6. The molecule has 3 rings (SSSR count). The molecular weight excluding hydrogens is 378 g/mol. The van der Waals surface area contributed by atoms with Crippen LogP contribution in [0.25, 0.3) is 0 Å². The summed E-state index contributed by atoms with van der Waals surface area (Å²) in [5.74, 6) is 1.57. The molecule has 1 unspecified atom stereocenters. The summed E-state index contributed by atoms with van der Waals surface area (Å²) >= 11 is 0. The highest BCUT2D eigenvalue weighted by Gasteiger charge is 2.29. The monoisotopic (exact) mass is 413 g/mol. The molecule has 0 aliphatic carbocycles. The molecule has 1 atom stereocenters. The van der Waals surface area contributed by atoms with E-state index < -0.39 is 0 Å². The molecule has 0 bridgehead atoms. The lowest BCUT2D eigenvalue weighted by atomic mass is 10.1. The topological polar surface area (TPSA) is 77.0 Å². The summed E-state index contributed by atoms with van der Waals surface area (Å²) in [6, 6.07) is 10.3. The number of hydrogen-bond donors (Lipinski definition) is 2. The fourth-order valence-corrected chi connectivity index (χ4v) is 4.08. The van der Waals surface area contributed by atoms with E-state index in [1.54, 1.807) is 0 Å². The average molecular weight is 414 g/mol. The van der Waals surface area contributed by atoms with Crippen molar-refractivity contribution in [2.75, 3.05) is 45.8 Å². The lowest BCUT2D eigenvalue weighted by molar-refractivity contribution is -0.128. The van der Waals surface area contributed by atoms with E-state index in [0.29, 0.717) is 19.4 Å². The molecule has 164 valence electrons. The van der Waals surface area contributed by atoms with E-state index >= 15 is 0 Å². The summed E-state index contributed by atoms with van der Waals surface area (Å²) in [5, 5.41) is 6.63. The van der Waals surface area contributed by atoms with Crippen molar-refractivity contribution in [1.82, 2.24) is 20.4 Å². The Morgan fingerprint density at radius 1 is 1.10 bits per heavy atom. The highest BCUT2D eigenvalue weighted by atomic mass is 16.2. The van der Waals surface area contributed by atoms with Crippen LogP contribution in [-0.2, 0) is 16.0 Å². The quantitative estimate of drug-likeness (QED) is 0.347. The van der Waals surface area contributed by atoms with Crippen LogP contribution in [0, 0.1) is 5.92 Å². The van der Waals surface area contributed by atoms with Crippen molar-refractivity contribution in [2.45, 2.75) is 39.0 Å². The van der Waals surface area contributed by atoms with Crippen LogP contribution >= 0.6 is 0 Å². The Morgan fingerprint density at radius 3 is 2.67 bits per heavy atom. The number of benzene rings is 1. The lowest BCUT2D eigenvalue weighted by Gasteiger charge is -2.17. The van der Waals surface area contributed by atoms with Crippen molar-refractivity contribution < 1.29 is 9.59 Å².